The zero-order valence-electron chi connectivity index (χ0n) is 15.8. The van der Waals surface area contributed by atoms with Crippen LogP contribution in [0, 0.1) is 5.82 Å². The van der Waals surface area contributed by atoms with E-state index in [9.17, 15) is 9.18 Å². The van der Waals surface area contributed by atoms with E-state index in [4.69, 9.17) is 0 Å². The molecule has 0 aliphatic carbocycles. The van der Waals surface area contributed by atoms with Gasteiger partial charge in [-0.25, -0.2) is 4.39 Å². The normalized spacial score (nSPS) is 15.5. The fourth-order valence-corrected chi connectivity index (χ4v) is 5.40. The van der Waals surface area contributed by atoms with Gasteiger partial charge in [-0.3, -0.25) is 4.79 Å². The van der Waals surface area contributed by atoms with Gasteiger partial charge in [0.2, 0.25) is 5.91 Å². The average molecular weight is 383 g/mol. The molecule has 2 heterocycles. The van der Waals surface area contributed by atoms with Crippen LogP contribution in [0.1, 0.15) is 31.6 Å². The summed E-state index contributed by atoms with van der Waals surface area (Å²) in [6.45, 7) is 8.24. The Balaban J connectivity index is 2.03. The molecule has 0 fully saturated rings. The highest BCUT2D eigenvalue weighted by Crippen LogP contribution is 2.53. The summed E-state index contributed by atoms with van der Waals surface area (Å²) in [7, 11) is 0. The standard InChI is InChI=1S/C22H23FN2OS/c1-4-24(5-2)22(26)21-19-15-9-7-8-10-17(15)25(6-3)20(19)16-12-11-14(23)13-18(16)27-21/h7-13,21H,4-6H2,1-3H3. The smallest absolute Gasteiger partial charge is 0.240 e. The van der Waals surface area contributed by atoms with Crippen LogP contribution in [-0.4, -0.2) is 28.5 Å². The van der Waals surface area contributed by atoms with Crippen LogP contribution >= 0.6 is 11.8 Å². The van der Waals surface area contributed by atoms with Crippen LogP contribution in [0.2, 0.25) is 0 Å². The SMILES string of the molecule is CCN(CC)C(=O)C1Sc2cc(F)ccc2-c2c1c1ccccc1n2CC. The maximum Gasteiger partial charge on any atom is 0.240 e. The number of carbonyl (C=O) groups is 1. The number of halogens is 1. The molecular weight excluding hydrogens is 359 g/mol. The molecule has 1 aromatic heterocycles. The van der Waals surface area contributed by atoms with Crippen molar-refractivity contribution in [1.29, 1.82) is 0 Å². The predicted molar refractivity (Wildman–Crippen MR) is 110 cm³/mol. The maximum absolute atomic E-state index is 14.0. The molecule has 1 atom stereocenters. The van der Waals surface area contributed by atoms with E-state index in [2.05, 4.69) is 23.6 Å². The van der Waals surface area contributed by atoms with Crippen molar-refractivity contribution < 1.29 is 9.18 Å². The third-order valence-electron chi connectivity index (χ3n) is 5.33. The van der Waals surface area contributed by atoms with Gasteiger partial charge in [-0.2, -0.15) is 0 Å². The molecular formula is C22H23FN2OS. The Hall–Kier alpha value is -2.27. The molecule has 0 bridgehead atoms. The van der Waals surface area contributed by atoms with Crippen LogP contribution in [0.25, 0.3) is 22.2 Å². The number of aromatic nitrogens is 1. The molecule has 2 aromatic carbocycles. The molecule has 4 rings (SSSR count). The highest BCUT2D eigenvalue weighted by Gasteiger charge is 2.37. The lowest BCUT2D eigenvalue weighted by molar-refractivity contribution is -0.130. The van der Waals surface area contributed by atoms with E-state index in [1.165, 1.54) is 17.8 Å². The number of rotatable bonds is 4. The molecule has 0 N–H and O–H groups in total. The Kier molecular flexibility index (Phi) is 4.72. The summed E-state index contributed by atoms with van der Waals surface area (Å²) in [5.74, 6) is -0.168. The van der Waals surface area contributed by atoms with Gasteiger partial charge < -0.3 is 9.47 Å². The molecule has 1 amide bonds. The molecule has 1 aliphatic rings. The van der Waals surface area contributed by atoms with Crippen molar-refractivity contribution in [3.63, 3.8) is 0 Å². The van der Waals surface area contributed by atoms with Crippen LogP contribution in [-0.2, 0) is 11.3 Å². The van der Waals surface area contributed by atoms with Gasteiger partial charge >= 0.3 is 0 Å². The summed E-state index contributed by atoms with van der Waals surface area (Å²) in [5, 5.41) is 0.759. The van der Waals surface area contributed by atoms with Crippen molar-refractivity contribution in [1.82, 2.24) is 9.47 Å². The summed E-state index contributed by atoms with van der Waals surface area (Å²) in [6, 6.07) is 13.2. The number of hydrogen-bond donors (Lipinski definition) is 0. The topological polar surface area (TPSA) is 25.2 Å². The van der Waals surface area contributed by atoms with Gasteiger partial charge in [-0.1, -0.05) is 18.2 Å². The largest absolute Gasteiger partial charge is 0.342 e. The van der Waals surface area contributed by atoms with E-state index in [1.54, 1.807) is 6.07 Å². The Morgan fingerprint density at radius 3 is 2.59 bits per heavy atom. The Bertz CT molecular complexity index is 1020. The number of benzene rings is 2. The zero-order valence-corrected chi connectivity index (χ0v) is 16.6. The zero-order chi connectivity index (χ0) is 19.1. The van der Waals surface area contributed by atoms with Crippen LogP contribution in [0.15, 0.2) is 47.4 Å². The van der Waals surface area contributed by atoms with Gasteiger partial charge in [0.05, 0.1) is 5.69 Å². The quantitative estimate of drug-likeness (QED) is 0.597. The molecule has 5 heteroatoms. The molecule has 0 spiro atoms. The molecule has 1 aliphatic heterocycles. The molecule has 1 unspecified atom stereocenters. The first-order valence-corrected chi connectivity index (χ1v) is 10.3. The minimum absolute atomic E-state index is 0.0974. The number of likely N-dealkylation sites (N-methyl/N-ethyl adjacent to an activating group) is 1. The number of hydrogen-bond acceptors (Lipinski definition) is 2. The molecule has 3 nitrogen and oxygen atoms in total. The van der Waals surface area contributed by atoms with Gasteiger partial charge in [-0.15, -0.1) is 11.8 Å². The summed E-state index contributed by atoms with van der Waals surface area (Å²) >= 11 is 1.48. The fourth-order valence-electron chi connectivity index (χ4n) is 4.06. The van der Waals surface area contributed by atoms with Gasteiger partial charge in [0.25, 0.3) is 0 Å². The third-order valence-corrected chi connectivity index (χ3v) is 6.60. The van der Waals surface area contributed by atoms with Crippen LogP contribution in [0.3, 0.4) is 0 Å². The lowest BCUT2D eigenvalue weighted by atomic mass is 10.0. The van der Waals surface area contributed by atoms with Crippen molar-refractivity contribution in [2.45, 2.75) is 37.5 Å². The number of thioether (sulfide) groups is 1. The van der Waals surface area contributed by atoms with Crippen LogP contribution in [0.5, 0.6) is 0 Å². The number of fused-ring (bicyclic) bond motifs is 5. The Morgan fingerprint density at radius 2 is 1.89 bits per heavy atom. The van der Waals surface area contributed by atoms with Crippen molar-refractivity contribution >= 4 is 28.6 Å². The van der Waals surface area contributed by atoms with Crippen molar-refractivity contribution in [3.8, 4) is 11.3 Å². The Labute approximate surface area is 163 Å². The summed E-state index contributed by atoms with van der Waals surface area (Å²) in [4.78, 5) is 16.1. The second-order valence-corrected chi connectivity index (χ2v) is 7.82. The van der Waals surface area contributed by atoms with Gasteiger partial charge in [0, 0.05) is 46.6 Å². The molecule has 0 radical (unpaired) electrons. The third kappa shape index (κ3) is 2.76. The monoisotopic (exact) mass is 382 g/mol. The predicted octanol–water partition coefficient (Wildman–Crippen LogP) is 5.48. The minimum Gasteiger partial charge on any atom is -0.342 e. The number of para-hydroxylation sites is 1. The van der Waals surface area contributed by atoms with Crippen molar-refractivity contribution in [2.75, 3.05) is 13.1 Å². The van der Waals surface area contributed by atoms with E-state index >= 15 is 0 Å². The van der Waals surface area contributed by atoms with E-state index < -0.39 is 0 Å². The highest BCUT2D eigenvalue weighted by molar-refractivity contribution is 8.00. The number of amides is 1. The lowest BCUT2D eigenvalue weighted by Gasteiger charge is -2.30. The molecule has 3 aromatic rings. The second kappa shape index (κ2) is 7.04. The van der Waals surface area contributed by atoms with E-state index in [0.717, 1.165) is 39.2 Å². The number of carbonyl (C=O) groups excluding carboxylic acids is 1. The second-order valence-electron chi connectivity index (χ2n) is 6.67. The summed E-state index contributed by atoms with van der Waals surface area (Å²) < 4.78 is 16.2. The Morgan fingerprint density at radius 1 is 1.15 bits per heavy atom. The maximum atomic E-state index is 14.0. The minimum atomic E-state index is -0.355. The first-order valence-electron chi connectivity index (χ1n) is 9.47. The summed E-state index contributed by atoms with van der Waals surface area (Å²) in [5.41, 5.74) is 4.25. The van der Waals surface area contributed by atoms with Crippen LogP contribution < -0.4 is 0 Å². The molecule has 140 valence electrons. The van der Waals surface area contributed by atoms with Gasteiger partial charge in [0.1, 0.15) is 11.1 Å². The van der Waals surface area contributed by atoms with Crippen molar-refractivity contribution in [2.24, 2.45) is 0 Å². The van der Waals surface area contributed by atoms with Crippen molar-refractivity contribution in [3.05, 3.63) is 53.8 Å². The number of aryl methyl sites for hydroxylation is 1. The molecule has 0 saturated carbocycles. The van der Waals surface area contributed by atoms with Gasteiger partial charge in [-0.05, 0) is 45.0 Å². The van der Waals surface area contributed by atoms with E-state index in [0.29, 0.717) is 13.1 Å². The summed E-state index contributed by atoms with van der Waals surface area (Å²) in [6.07, 6.45) is 0. The highest BCUT2D eigenvalue weighted by atomic mass is 32.2. The first-order chi connectivity index (χ1) is 13.1. The fraction of sp³-hybridized carbons (Fsp3) is 0.318. The first kappa shape index (κ1) is 18.1. The van der Waals surface area contributed by atoms with Gasteiger partial charge in [0.15, 0.2) is 0 Å². The number of nitrogens with zero attached hydrogens (tertiary/aromatic N) is 2. The molecule has 0 saturated heterocycles. The average Bonchev–Trinajstić information content (AvgIpc) is 3.02. The lowest BCUT2D eigenvalue weighted by Crippen LogP contribution is -2.34. The van der Waals surface area contributed by atoms with Crippen LogP contribution in [0.4, 0.5) is 4.39 Å². The van der Waals surface area contributed by atoms with E-state index in [1.807, 2.05) is 36.9 Å². The molecule has 27 heavy (non-hydrogen) atoms. The van der Waals surface area contributed by atoms with E-state index in [-0.39, 0.29) is 17.0 Å².